The molecule has 0 aromatic rings. The van der Waals surface area contributed by atoms with E-state index in [1.807, 2.05) is 13.8 Å². The van der Waals surface area contributed by atoms with E-state index >= 15 is 0 Å². The van der Waals surface area contributed by atoms with Gasteiger partial charge in [-0.2, -0.15) is 0 Å². The molecule has 0 aliphatic heterocycles. The Bertz CT molecular complexity index is 215. The first kappa shape index (κ1) is 9.53. The summed E-state index contributed by atoms with van der Waals surface area (Å²) in [5, 5.41) is 9.76. The van der Waals surface area contributed by atoms with Gasteiger partial charge in [0.2, 0.25) is 0 Å². The average Bonchev–Trinajstić information content (AvgIpc) is 2.00. The molecule has 1 nitrogen and oxygen atoms in total. The fourth-order valence-corrected chi connectivity index (χ4v) is 1.93. The molecule has 1 rings (SSSR count). The van der Waals surface area contributed by atoms with E-state index in [2.05, 4.69) is 19.6 Å². The van der Waals surface area contributed by atoms with Crippen molar-refractivity contribution in [3.05, 3.63) is 23.8 Å². The summed E-state index contributed by atoms with van der Waals surface area (Å²) >= 11 is 0. The molecule has 3 atom stereocenters. The molecule has 0 saturated heterocycles. The van der Waals surface area contributed by atoms with Crippen LogP contribution >= 0.6 is 0 Å². The van der Waals surface area contributed by atoms with Crippen molar-refractivity contribution in [3.63, 3.8) is 0 Å². The van der Waals surface area contributed by atoms with Crippen molar-refractivity contribution in [1.29, 1.82) is 0 Å². The van der Waals surface area contributed by atoms with Crippen LogP contribution in [0.4, 0.5) is 0 Å². The van der Waals surface area contributed by atoms with Gasteiger partial charge in [0.15, 0.2) is 0 Å². The zero-order chi connectivity index (χ0) is 9.30. The van der Waals surface area contributed by atoms with E-state index in [-0.39, 0.29) is 6.10 Å². The van der Waals surface area contributed by atoms with Crippen LogP contribution in [-0.4, -0.2) is 11.2 Å². The summed E-state index contributed by atoms with van der Waals surface area (Å²) in [7, 11) is 0. The van der Waals surface area contributed by atoms with Gasteiger partial charge in [-0.15, -0.1) is 0 Å². The van der Waals surface area contributed by atoms with Gasteiger partial charge in [0.05, 0.1) is 6.10 Å². The Morgan fingerprint density at radius 1 is 1.67 bits per heavy atom. The zero-order valence-electron chi connectivity index (χ0n) is 8.17. The van der Waals surface area contributed by atoms with Crippen molar-refractivity contribution in [3.8, 4) is 0 Å². The summed E-state index contributed by atoms with van der Waals surface area (Å²) in [6, 6.07) is 0. The second-order valence-electron chi connectivity index (χ2n) is 3.94. The zero-order valence-corrected chi connectivity index (χ0v) is 8.17. The molecule has 0 saturated carbocycles. The van der Waals surface area contributed by atoms with Gasteiger partial charge < -0.3 is 5.11 Å². The lowest BCUT2D eigenvalue weighted by atomic mass is 9.76. The third kappa shape index (κ3) is 1.61. The number of aliphatic hydroxyl groups is 1. The lowest BCUT2D eigenvalue weighted by Crippen LogP contribution is -2.30. The number of hydrogen-bond acceptors (Lipinski definition) is 1. The van der Waals surface area contributed by atoms with Gasteiger partial charge in [0, 0.05) is 0 Å². The monoisotopic (exact) mass is 166 g/mol. The van der Waals surface area contributed by atoms with Crippen LogP contribution in [-0.2, 0) is 0 Å². The Morgan fingerprint density at radius 2 is 2.25 bits per heavy atom. The molecule has 0 bridgehead atoms. The molecule has 1 N–H and O–H groups in total. The molecule has 12 heavy (non-hydrogen) atoms. The van der Waals surface area contributed by atoms with Crippen LogP contribution in [0.3, 0.4) is 0 Å². The highest BCUT2D eigenvalue weighted by Crippen LogP contribution is 2.33. The predicted octanol–water partition coefficient (Wildman–Crippen LogP) is 2.53. The van der Waals surface area contributed by atoms with Crippen LogP contribution in [0, 0.1) is 11.8 Å². The third-order valence-electron chi connectivity index (χ3n) is 2.93. The van der Waals surface area contributed by atoms with Crippen molar-refractivity contribution >= 4 is 0 Å². The summed E-state index contributed by atoms with van der Waals surface area (Å²) in [6.45, 7) is 10.1. The Morgan fingerprint density at radius 3 is 2.75 bits per heavy atom. The van der Waals surface area contributed by atoms with Gasteiger partial charge in [-0.05, 0) is 37.7 Å². The highest BCUT2D eigenvalue weighted by Gasteiger charge is 2.28. The van der Waals surface area contributed by atoms with Crippen molar-refractivity contribution in [1.82, 2.24) is 0 Å². The Balaban J connectivity index is 2.80. The molecule has 0 heterocycles. The fourth-order valence-electron chi connectivity index (χ4n) is 1.93. The maximum atomic E-state index is 9.76. The normalized spacial score (nSPS) is 36.0. The summed E-state index contributed by atoms with van der Waals surface area (Å²) in [5.74, 6) is 0.788. The van der Waals surface area contributed by atoms with Crippen molar-refractivity contribution in [2.24, 2.45) is 11.8 Å². The average molecular weight is 166 g/mol. The molecular weight excluding hydrogens is 148 g/mol. The molecule has 0 aromatic heterocycles. The van der Waals surface area contributed by atoms with E-state index in [0.717, 1.165) is 12.0 Å². The molecule has 3 unspecified atom stereocenters. The van der Waals surface area contributed by atoms with E-state index in [1.165, 1.54) is 5.57 Å². The lowest BCUT2D eigenvalue weighted by Gasteiger charge is -2.32. The second-order valence-corrected chi connectivity index (χ2v) is 3.94. The summed E-state index contributed by atoms with van der Waals surface area (Å²) < 4.78 is 0. The van der Waals surface area contributed by atoms with E-state index in [4.69, 9.17) is 0 Å². The van der Waals surface area contributed by atoms with E-state index < -0.39 is 0 Å². The Labute approximate surface area is 74.8 Å². The number of allylic oxidation sites excluding steroid dienone is 2. The smallest absolute Gasteiger partial charge is 0.0778 e. The molecule has 68 valence electrons. The highest BCUT2D eigenvalue weighted by molar-refractivity contribution is 5.16. The fraction of sp³-hybridized carbons (Fsp3) is 0.636. The van der Waals surface area contributed by atoms with Crippen LogP contribution in [0.25, 0.3) is 0 Å². The van der Waals surface area contributed by atoms with Crippen LogP contribution in [0.1, 0.15) is 27.2 Å². The number of hydrogen-bond donors (Lipinski definition) is 1. The maximum absolute atomic E-state index is 9.76. The molecule has 0 fully saturated rings. The maximum Gasteiger partial charge on any atom is 0.0778 e. The number of rotatable bonds is 1. The first-order chi connectivity index (χ1) is 5.54. The first-order valence-corrected chi connectivity index (χ1v) is 4.54. The second kappa shape index (κ2) is 3.44. The number of aliphatic hydroxyl groups excluding tert-OH is 1. The molecule has 1 aliphatic rings. The lowest BCUT2D eigenvalue weighted by molar-refractivity contribution is 0.114. The van der Waals surface area contributed by atoms with Gasteiger partial charge in [0.1, 0.15) is 0 Å². The molecular formula is C11H18O. The quantitative estimate of drug-likeness (QED) is 0.593. The molecule has 0 radical (unpaired) electrons. The minimum Gasteiger partial charge on any atom is -0.388 e. The minimum atomic E-state index is -0.263. The van der Waals surface area contributed by atoms with Crippen molar-refractivity contribution in [2.75, 3.05) is 0 Å². The van der Waals surface area contributed by atoms with E-state index in [0.29, 0.717) is 11.8 Å². The van der Waals surface area contributed by atoms with E-state index in [9.17, 15) is 5.11 Å². The Kier molecular flexibility index (Phi) is 2.73. The largest absolute Gasteiger partial charge is 0.388 e. The molecule has 0 spiro atoms. The molecule has 1 heteroatoms. The Hall–Kier alpha value is -0.560. The summed E-state index contributed by atoms with van der Waals surface area (Å²) in [6.07, 6.45) is 2.91. The SMILES string of the molecule is C=C(C)C1CC=C(C)C(O)C1C. The molecule has 0 amide bonds. The van der Waals surface area contributed by atoms with E-state index in [1.54, 1.807) is 0 Å². The van der Waals surface area contributed by atoms with Crippen LogP contribution in [0.2, 0.25) is 0 Å². The molecule has 1 aliphatic carbocycles. The first-order valence-electron chi connectivity index (χ1n) is 4.54. The standard InChI is InChI=1S/C11H18O/c1-7(2)10-6-5-8(3)11(12)9(10)4/h5,9-12H,1,6H2,2-4H3. The van der Waals surface area contributed by atoms with Gasteiger partial charge in [-0.1, -0.05) is 25.2 Å². The predicted molar refractivity (Wildman–Crippen MR) is 51.8 cm³/mol. The third-order valence-corrected chi connectivity index (χ3v) is 2.93. The van der Waals surface area contributed by atoms with Gasteiger partial charge in [0.25, 0.3) is 0 Å². The van der Waals surface area contributed by atoms with Crippen LogP contribution in [0.15, 0.2) is 23.8 Å². The summed E-state index contributed by atoms with van der Waals surface area (Å²) in [4.78, 5) is 0. The highest BCUT2D eigenvalue weighted by atomic mass is 16.3. The van der Waals surface area contributed by atoms with Gasteiger partial charge in [-0.3, -0.25) is 0 Å². The van der Waals surface area contributed by atoms with Gasteiger partial charge in [-0.25, -0.2) is 0 Å². The topological polar surface area (TPSA) is 20.2 Å². The van der Waals surface area contributed by atoms with Crippen molar-refractivity contribution < 1.29 is 5.11 Å². The molecule has 0 aromatic carbocycles. The van der Waals surface area contributed by atoms with Gasteiger partial charge >= 0.3 is 0 Å². The summed E-state index contributed by atoms with van der Waals surface area (Å²) in [5.41, 5.74) is 2.30. The van der Waals surface area contributed by atoms with Crippen LogP contribution in [0.5, 0.6) is 0 Å². The van der Waals surface area contributed by atoms with Crippen molar-refractivity contribution in [2.45, 2.75) is 33.3 Å². The minimum absolute atomic E-state index is 0.263. The van der Waals surface area contributed by atoms with Crippen LogP contribution < -0.4 is 0 Å².